The quantitative estimate of drug-likeness (QED) is 0.373. The van der Waals surface area contributed by atoms with Gasteiger partial charge in [0.25, 0.3) is 0 Å². The van der Waals surface area contributed by atoms with E-state index in [9.17, 15) is 4.79 Å². The molecule has 0 aromatic heterocycles. The molecule has 0 spiro atoms. The summed E-state index contributed by atoms with van der Waals surface area (Å²) in [6.07, 6.45) is 14.8. The largest absolute Gasteiger partial charge is 0.478 e. The first-order valence-corrected chi connectivity index (χ1v) is 7.42. The van der Waals surface area contributed by atoms with Gasteiger partial charge in [0, 0.05) is 5.57 Å². The lowest BCUT2D eigenvalue weighted by atomic mass is 9.95. The van der Waals surface area contributed by atoms with Crippen LogP contribution >= 0.6 is 0 Å². The van der Waals surface area contributed by atoms with Gasteiger partial charge in [0.1, 0.15) is 6.61 Å². The number of ether oxygens (including phenoxy) is 1. The van der Waals surface area contributed by atoms with Crippen LogP contribution in [0.15, 0.2) is 23.8 Å². The third-order valence-electron chi connectivity index (χ3n) is 3.38. The molecule has 3 heteroatoms. The fraction of sp³-hybridized carbons (Fsp3) is 0.611. The summed E-state index contributed by atoms with van der Waals surface area (Å²) in [5.74, 6) is 2.19. The first-order valence-electron chi connectivity index (χ1n) is 7.42. The monoisotopic (exact) mass is 292 g/mol. The molecule has 1 unspecified atom stereocenters. The predicted octanol–water partition coefficient (Wildman–Crippen LogP) is 4.20. The Morgan fingerprint density at radius 2 is 2.14 bits per heavy atom. The third kappa shape index (κ3) is 10.9. The van der Waals surface area contributed by atoms with E-state index in [1.165, 1.54) is 0 Å². The van der Waals surface area contributed by atoms with Gasteiger partial charge in [0.2, 0.25) is 0 Å². The van der Waals surface area contributed by atoms with E-state index in [0.717, 1.165) is 25.7 Å². The van der Waals surface area contributed by atoms with Crippen LogP contribution in [0.5, 0.6) is 0 Å². The molecule has 118 valence electrons. The molecule has 0 bridgehead atoms. The van der Waals surface area contributed by atoms with E-state index < -0.39 is 5.97 Å². The number of rotatable bonds is 10. The normalized spacial score (nSPS) is 14.1. The summed E-state index contributed by atoms with van der Waals surface area (Å²) >= 11 is 0. The summed E-state index contributed by atoms with van der Waals surface area (Å²) in [4.78, 5) is 10.6. The van der Waals surface area contributed by atoms with Gasteiger partial charge in [-0.3, -0.25) is 0 Å². The predicted molar refractivity (Wildman–Crippen MR) is 87.0 cm³/mol. The molecular formula is C18H28O3. The summed E-state index contributed by atoms with van der Waals surface area (Å²) < 4.78 is 5.59. The Labute approximate surface area is 129 Å². The molecule has 0 aromatic carbocycles. The first-order chi connectivity index (χ1) is 9.78. The second kappa shape index (κ2) is 10.2. The number of hydrogen-bond acceptors (Lipinski definition) is 2. The zero-order valence-corrected chi connectivity index (χ0v) is 13.7. The SMILES string of the molecule is C#CCOC(C)(C)CCCC(C)CC=CC=C(C)C(=O)O. The number of terminal acetylenes is 1. The summed E-state index contributed by atoms with van der Waals surface area (Å²) in [6.45, 7) is 8.28. The number of carboxylic acid groups (broad SMARTS) is 1. The Morgan fingerprint density at radius 3 is 2.71 bits per heavy atom. The van der Waals surface area contributed by atoms with Crippen molar-refractivity contribution in [2.45, 2.75) is 59.0 Å². The Bertz CT molecular complexity index is 411. The van der Waals surface area contributed by atoms with E-state index in [1.807, 2.05) is 12.2 Å². The maximum absolute atomic E-state index is 10.6. The van der Waals surface area contributed by atoms with E-state index in [-0.39, 0.29) is 5.60 Å². The van der Waals surface area contributed by atoms with Crippen molar-refractivity contribution in [3.05, 3.63) is 23.8 Å². The third-order valence-corrected chi connectivity index (χ3v) is 3.38. The van der Waals surface area contributed by atoms with Gasteiger partial charge >= 0.3 is 5.97 Å². The minimum absolute atomic E-state index is 0.163. The summed E-state index contributed by atoms with van der Waals surface area (Å²) in [6, 6.07) is 0. The van der Waals surface area contributed by atoms with Crippen LogP contribution in [0.2, 0.25) is 0 Å². The van der Waals surface area contributed by atoms with Crippen molar-refractivity contribution >= 4 is 5.97 Å². The maximum Gasteiger partial charge on any atom is 0.331 e. The molecule has 3 nitrogen and oxygen atoms in total. The summed E-state index contributed by atoms with van der Waals surface area (Å²) in [5.41, 5.74) is 0.190. The molecule has 0 saturated heterocycles. The number of carbonyl (C=O) groups is 1. The standard InChI is InChI=1S/C18H28O3/c1-6-14-21-18(4,5)13-9-11-15(2)10-7-8-12-16(3)17(19)20/h1,7-8,12,15H,9-11,13-14H2,2-5H3,(H,19,20). The lowest BCUT2D eigenvalue weighted by molar-refractivity contribution is -0.132. The van der Waals surface area contributed by atoms with Gasteiger partial charge in [-0.15, -0.1) is 6.42 Å². The molecule has 0 saturated carbocycles. The zero-order chi connectivity index (χ0) is 16.3. The zero-order valence-electron chi connectivity index (χ0n) is 13.7. The van der Waals surface area contributed by atoms with Crippen molar-refractivity contribution in [1.29, 1.82) is 0 Å². The molecule has 0 aliphatic carbocycles. The molecule has 0 radical (unpaired) electrons. The Balaban J connectivity index is 3.94. The fourth-order valence-electron chi connectivity index (χ4n) is 1.90. The average Bonchev–Trinajstić information content (AvgIpc) is 2.40. The highest BCUT2D eigenvalue weighted by atomic mass is 16.5. The minimum atomic E-state index is -0.873. The molecule has 1 N–H and O–H groups in total. The van der Waals surface area contributed by atoms with Crippen molar-refractivity contribution in [3.63, 3.8) is 0 Å². The van der Waals surface area contributed by atoms with E-state index in [0.29, 0.717) is 18.1 Å². The molecular weight excluding hydrogens is 264 g/mol. The summed E-state index contributed by atoms with van der Waals surface area (Å²) in [5, 5.41) is 8.72. The van der Waals surface area contributed by atoms with E-state index in [2.05, 4.69) is 26.7 Å². The fourth-order valence-corrected chi connectivity index (χ4v) is 1.90. The minimum Gasteiger partial charge on any atom is -0.478 e. The van der Waals surface area contributed by atoms with Crippen LogP contribution in [0.3, 0.4) is 0 Å². The smallest absolute Gasteiger partial charge is 0.331 e. The molecule has 0 aromatic rings. The molecule has 0 heterocycles. The Morgan fingerprint density at radius 1 is 1.48 bits per heavy atom. The highest BCUT2D eigenvalue weighted by Crippen LogP contribution is 2.21. The second-order valence-electron chi connectivity index (χ2n) is 6.07. The van der Waals surface area contributed by atoms with Crippen LogP contribution in [0, 0.1) is 18.3 Å². The molecule has 21 heavy (non-hydrogen) atoms. The van der Waals surface area contributed by atoms with Crippen molar-refractivity contribution in [1.82, 2.24) is 0 Å². The first kappa shape index (κ1) is 19.5. The summed E-state index contributed by atoms with van der Waals surface area (Å²) in [7, 11) is 0. The lowest BCUT2D eigenvalue weighted by Crippen LogP contribution is -2.24. The molecule has 0 amide bonds. The van der Waals surface area contributed by atoms with Gasteiger partial charge in [-0.25, -0.2) is 4.79 Å². The average molecular weight is 292 g/mol. The van der Waals surface area contributed by atoms with Gasteiger partial charge in [0.15, 0.2) is 0 Å². The number of allylic oxidation sites excluding steroid dienone is 3. The molecule has 0 aliphatic heterocycles. The second-order valence-corrected chi connectivity index (χ2v) is 6.07. The van der Waals surface area contributed by atoms with Gasteiger partial charge < -0.3 is 9.84 Å². The van der Waals surface area contributed by atoms with Crippen LogP contribution in [-0.4, -0.2) is 23.3 Å². The van der Waals surface area contributed by atoms with Crippen molar-refractivity contribution < 1.29 is 14.6 Å². The Kier molecular flexibility index (Phi) is 9.49. The van der Waals surface area contributed by atoms with Gasteiger partial charge in [-0.1, -0.05) is 43.9 Å². The van der Waals surface area contributed by atoms with Crippen molar-refractivity contribution in [2.24, 2.45) is 5.92 Å². The maximum atomic E-state index is 10.6. The van der Waals surface area contributed by atoms with Crippen LogP contribution in [0.25, 0.3) is 0 Å². The number of aliphatic carboxylic acids is 1. The van der Waals surface area contributed by atoms with E-state index in [4.69, 9.17) is 16.3 Å². The highest BCUT2D eigenvalue weighted by Gasteiger charge is 2.17. The molecule has 0 aliphatic rings. The topological polar surface area (TPSA) is 46.5 Å². The van der Waals surface area contributed by atoms with Crippen LogP contribution < -0.4 is 0 Å². The van der Waals surface area contributed by atoms with Crippen LogP contribution in [-0.2, 0) is 9.53 Å². The van der Waals surface area contributed by atoms with Gasteiger partial charge in [0.05, 0.1) is 5.60 Å². The molecule has 0 fully saturated rings. The van der Waals surface area contributed by atoms with Crippen LogP contribution in [0.4, 0.5) is 0 Å². The highest BCUT2D eigenvalue weighted by molar-refractivity contribution is 5.86. The van der Waals surface area contributed by atoms with Gasteiger partial charge in [-0.05, 0) is 39.5 Å². The molecule has 1 atom stereocenters. The lowest BCUT2D eigenvalue weighted by Gasteiger charge is -2.24. The van der Waals surface area contributed by atoms with Gasteiger partial charge in [-0.2, -0.15) is 0 Å². The van der Waals surface area contributed by atoms with Crippen molar-refractivity contribution in [2.75, 3.05) is 6.61 Å². The van der Waals surface area contributed by atoms with Crippen molar-refractivity contribution in [3.8, 4) is 12.3 Å². The number of hydrogen-bond donors (Lipinski definition) is 1. The molecule has 0 rings (SSSR count). The van der Waals surface area contributed by atoms with Crippen LogP contribution in [0.1, 0.15) is 53.4 Å². The van der Waals surface area contributed by atoms with E-state index >= 15 is 0 Å². The van der Waals surface area contributed by atoms with E-state index in [1.54, 1.807) is 13.0 Å². The number of carboxylic acids is 1. The Hall–Kier alpha value is -1.53.